The molecule has 0 fully saturated rings. The van der Waals surface area contributed by atoms with Gasteiger partial charge in [-0.2, -0.15) is 11.8 Å². The average Bonchev–Trinajstić information content (AvgIpc) is 2.33. The first kappa shape index (κ1) is 15.6. The normalized spacial score (nSPS) is 12.2. The van der Waals surface area contributed by atoms with Crippen molar-refractivity contribution in [2.45, 2.75) is 12.5 Å². The summed E-state index contributed by atoms with van der Waals surface area (Å²) in [6, 6.07) is 4.86. The van der Waals surface area contributed by atoms with Gasteiger partial charge in [0.1, 0.15) is 0 Å². The van der Waals surface area contributed by atoms with Crippen molar-refractivity contribution in [1.29, 1.82) is 0 Å². The molecule has 1 aromatic rings. The Balaban J connectivity index is 2.77. The summed E-state index contributed by atoms with van der Waals surface area (Å²) in [5, 5.41) is 12.4. The van der Waals surface area contributed by atoms with Crippen LogP contribution in [-0.4, -0.2) is 35.7 Å². The number of carbonyl (C=O) groups excluding carboxylic acids is 1. The van der Waals surface area contributed by atoms with Gasteiger partial charge in [0.25, 0.3) is 5.91 Å². The fourth-order valence-electron chi connectivity index (χ4n) is 1.50. The standard InChI is InChI=1S/C12H15Cl2NO2S/c1-18-7-8(5-6-16)15-12(17)9-3-2-4-10(13)11(9)14/h2-4,8,16H,5-7H2,1H3,(H,15,17). The number of aliphatic hydroxyl groups is 1. The van der Waals surface area contributed by atoms with Crippen LogP contribution in [0, 0.1) is 0 Å². The molecule has 0 spiro atoms. The number of benzene rings is 1. The van der Waals surface area contributed by atoms with Crippen LogP contribution in [0.2, 0.25) is 10.0 Å². The largest absolute Gasteiger partial charge is 0.396 e. The summed E-state index contributed by atoms with van der Waals surface area (Å²) in [7, 11) is 0. The Labute approximate surface area is 121 Å². The van der Waals surface area contributed by atoms with Crippen LogP contribution in [0.4, 0.5) is 0 Å². The Bertz CT molecular complexity index is 409. The molecular weight excluding hydrogens is 293 g/mol. The van der Waals surface area contributed by atoms with E-state index in [1.165, 1.54) is 0 Å². The summed E-state index contributed by atoms with van der Waals surface area (Å²) in [5.74, 6) is 0.472. The molecule has 0 saturated heterocycles. The van der Waals surface area contributed by atoms with Gasteiger partial charge in [0.05, 0.1) is 15.6 Å². The molecule has 2 N–H and O–H groups in total. The summed E-state index contributed by atoms with van der Waals surface area (Å²) in [4.78, 5) is 12.0. The maximum absolute atomic E-state index is 12.0. The summed E-state index contributed by atoms with van der Waals surface area (Å²) < 4.78 is 0. The maximum Gasteiger partial charge on any atom is 0.253 e. The van der Waals surface area contributed by atoms with Crippen LogP contribution in [0.1, 0.15) is 16.8 Å². The lowest BCUT2D eigenvalue weighted by atomic mass is 10.2. The lowest BCUT2D eigenvalue weighted by Crippen LogP contribution is -2.37. The minimum Gasteiger partial charge on any atom is -0.396 e. The highest BCUT2D eigenvalue weighted by molar-refractivity contribution is 7.98. The zero-order valence-corrected chi connectivity index (χ0v) is 12.3. The highest BCUT2D eigenvalue weighted by Gasteiger charge is 2.16. The predicted octanol–water partition coefficient (Wildman–Crippen LogP) is 2.84. The monoisotopic (exact) mass is 307 g/mol. The van der Waals surface area contributed by atoms with Crippen molar-refractivity contribution in [3.63, 3.8) is 0 Å². The van der Waals surface area contributed by atoms with Gasteiger partial charge in [-0.3, -0.25) is 4.79 Å². The molecule has 1 amide bonds. The first-order valence-corrected chi connectivity index (χ1v) is 7.59. The highest BCUT2D eigenvalue weighted by atomic mass is 35.5. The number of amides is 1. The third-order valence-corrected chi connectivity index (χ3v) is 3.93. The molecule has 0 aliphatic rings. The Morgan fingerprint density at radius 1 is 1.50 bits per heavy atom. The van der Waals surface area contributed by atoms with Crippen molar-refractivity contribution in [3.05, 3.63) is 33.8 Å². The van der Waals surface area contributed by atoms with Crippen molar-refractivity contribution in [2.75, 3.05) is 18.6 Å². The van der Waals surface area contributed by atoms with Gasteiger partial charge in [-0.1, -0.05) is 29.3 Å². The van der Waals surface area contributed by atoms with Gasteiger partial charge in [-0.25, -0.2) is 0 Å². The molecule has 0 aliphatic carbocycles. The molecule has 100 valence electrons. The molecule has 18 heavy (non-hydrogen) atoms. The topological polar surface area (TPSA) is 49.3 Å². The number of carbonyl (C=O) groups is 1. The van der Waals surface area contributed by atoms with Crippen LogP contribution in [-0.2, 0) is 0 Å². The van der Waals surface area contributed by atoms with E-state index in [0.29, 0.717) is 17.0 Å². The Hall–Kier alpha value is -0.420. The minimum absolute atomic E-state index is 0.0365. The third kappa shape index (κ3) is 4.35. The molecule has 0 aliphatic heterocycles. The van der Waals surface area contributed by atoms with Gasteiger partial charge in [-0.15, -0.1) is 0 Å². The molecule has 0 radical (unpaired) electrons. The Morgan fingerprint density at radius 3 is 2.83 bits per heavy atom. The molecular formula is C12H15Cl2NO2S. The summed E-state index contributed by atoms with van der Waals surface area (Å²) in [5.41, 5.74) is 0.355. The number of rotatable bonds is 6. The van der Waals surface area contributed by atoms with Crippen LogP contribution in [0.15, 0.2) is 18.2 Å². The van der Waals surface area contributed by atoms with E-state index in [1.54, 1.807) is 30.0 Å². The van der Waals surface area contributed by atoms with E-state index in [2.05, 4.69) is 5.32 Å². The van der Waals surface area contributed by atoms with Crippen LogP contribution in [0.5, 0.6) is 0 Å². The summed E-state index contributed by atoms with van der Waals surface area (Å²) >= 11 is 13.4. The van der Waals surface area contributed by atoms with E-state index >= 15 is 0 Å². The van der Waals surface area contributed by atoms with Crippen molar-refractivity contribution in [3.8, 4) is 0 Å². The second-order valence-electron chi connectivity index (χ2n) is 3.74. The lowest BCUT2D eigenvalue weighted by molar-refractivity contribution is 0.0935. The molecule has 1 aromatic carbocycles. The second kappa shape index (κ2) is 7.89. The Morgan fingerprint density at radius 2 is 2.22 bits per heavy atom. The molecule has 6 heteroatoms. The lowest BCUT2D eigenvalue weighted by Gasteiger charge is -2.17. The first-order valence-electron chi connectivity index (χ1n) is 5.44. The quantitative estimate of drug-likeness (QED) is 0.849. The van der Waals surface area contributed by atoms with E-state index in [9.17, 15) is 4.79 Å². The molecule has 1 atom stereocenters. The molecule has 0 saturated carbocycles. The average molecular weight is 308 g/mol. The third-order valence-electron chi connectivity index (χ3n) is 2.38. The van der Waals surface area contributed by atoms with Crippen molar-refractivity contribution in [2.24, 2.45) is 0 Å². The van der Waals surface area contributed by atoms with Gasteiger partial charge in [0, 0.05) is 18.4 Å². The second-order valence-corrected chi connectivity index (χ2v) is 5.44. The van der Waals surface area contributed by atoms with E-state index in [-0.39, 0.29) is 23.6 Å². The molecule has 1 unspecified atom stereocenters. The molecule has 0 aromatic heterocycles. The van der Waals surface area contributed by atoms with Crippen molar-refractivity contribution in [1.82, 2.24) is 5.32 Å². The van der Waals surface area contributed by atoms with Crippen LogP contribution < -0.4 is 5.32 Å². The predicted molar refractivity (Wildman–Crippen MR) is 77.8 cm³/mol. The zero-order valence-electron chi connectivity index (χ0n) is 9.95. The van der Waals surface area contributed by atoms with Crippen LogP contribution in [0.25, 0.3) is 0 Å². The number of hydrogen-bond acceptors (Lipinski definition) is 3. The fraction of sp³-hybridized carbons (Fsp3) is 0.417. The van der Waals surface area contributed by atoms with Gasteiger partial charge in [-0.05, 0) is 24.8 Å². The van der Waals surface area contributed by atoms with E-state index in [4.69, 9.17) is 28.3 Å². The van der Waals surface area contributed by atoms with Crippen molar-refractivity contribution >= 4 is 40.9 Å². The van der Waals surface area contributed by atoms with E-state index in [1.807, 2.05) is 6.26 Å². The number of thioether (sulfide) groups is 1. The van der Waals surface area contributed by atoms with Gasteiger partial charge < -0.3 is 10.4 Å². The number of hydrogen-bond donors (Lipinski definition) is 2. The number of nitrogens with one attached hydrogen (secondary N) is 1. The van der Waals surface area contributed by atoms with E-state index in [0.717, 1.165) is 5.75 Å². The fourth-order valence-corrected chi connectivity index (χ4v) is 2.54. The maximum atomic E-state index is 12.0. The highest BCUT2D eigenvalue weighted by Crippen LogP contribution is 2.25. The molecule has 0 bridgehead atoms. The zero-order chi connectivity index (χ0) is 13.5. The molecule has 1 rings (SSSR count). The summed E-state index contributed by atoms with van der Waals surface area (Å²) in [6.07, 6.45) is 2.47. The molecule has 3 nitrogen and oxygen atoms in total. The minimum atomic E-state index is -0.269. The SMILES string of the molecule is CSCC(CCO)NC(=O)c1cccc(Cl)c1Cl. The molecule has 0 heterocycles. The van der Waals surface area contributed by atoms with Gasteiger partial charge in [0.15, 0.2) is 0 Å². The number of aliphatic hydroxyl groups excluding tert-OH is 1. The van der Waals surface area contributed by atoms with Crippen LogP contribution >= 0.6 is 35.0 Å². The van der Waals surface area contributed by atoms with Gasteiger partial charge in [0.2, 0.25) is 0 Å². The van der Waals surface area contributed by atoms with E-state index < -0.39 is 0 Å². The van der Waals surface area contributed by atoms with Crippen molar-refractivity contribution < 1.29 is 9.90 Å². The number of halogens is 2. The van der Waals surface area contributed by atoms with Gasteiger partial charge >= 0.3 is 0 Å². The first-order chi connectivity index (χ1) is 8.60. The Kier molecular flexibility index (Phi) is 6.86. The summed E-state index contributed by atoms with van der Waals surface area (Å²) in [6.45, 7) is 0.0365. The smallest absolute Gasteiger partial charge is 0.253 e. The van der Waals surface area contributed by atoms with Crippen LogP contribution in [0.3, 0.4) is 0 Å².